The summed E-state index contributed by atoms with van der Waals surface area (Å²) in [5.41, 5.74) is 1.17. The lowest BCUT2D eigenvalue weighted by atomic mass is 10.2. The summed E-state index contributed by atoms with van der Waals surface area (Å²) in [4.78, 5) is 2.51. The predicted molar refractivity (Wildman–Crippen MR) is 76.0 cm³/mol. The highest BCUT2D eigenvalue weighted by Crippen LogP contribution is 2.24. The van der Waals surface area contributed by atoms with Crippen molar-refractivity contribution in [3.05, 3.63) is 18.0 Å². The summed E-state index contributed by atoms with van der Waals surface area (Å²) in [7, 11) is 0. The largest absolute Gasteiger partial charge is 0.293 e. The van der Waals surface area contributed by atoms with Crippen LogP contribution in [-0.2, 0) is 6.54 Å². The van der Waals surface area contributed by atoms with Crippen LogP contribution in [0.1, 0.15) is 51.3 Å². The van der Waals surface area contributed by atoms with Crippen molar-refractivity contribution >= 4 is 11.6 Å². The summed E-state index contributed by atoms with van der Waals surface area (Å²) in [5, 5.41) is 4.64. The Balaban J connectivity index is 1.98. The fraction of sp³-hybridized carbons (Fsp3) is 0.786. The van der Waals surface area contributed by atoms with Crippen LogP contribution in [0.3, 0.4) is 0 Å². The molecule has 1 aliphatic carbocycles. The van der Waals surface area contributed by atoms with Gasteiger partial charge in [-0.15, -0.1) is 11.6 Å². The van der Waals surface area contributed by atoms with E-state index in [1.54, 1.807) is 0 Å². The van der Waals surface area contributed by atoms with E-state index in [2.05, 4.69) is 36.1 Å². The molecule has 0 radical (unpaired) electrons. The van der Waals surface area contributed by atoms with Gasteiger partial charge >= 0.3 is 0 Å². The molecule has 0 aliphatic heterocycles. The van der Waals surface area contributed by atoms with Crippen molar-refractivity contribution in [3.8, 4) is 0 Å². The van der Waals surface area contributed by atoms with Crippen LogP contribution in [0, 0.1) is 0 Å². The van der Waals surface area contributed by atoms with E-state index in [0.717, 1.165) is 13.1 Å². The Bertz CT molecular complexity index is 356. The van der Waals surface area contributed by atoms with E-state index in [1.807, 2.05) is 4.68 Å². The minimum absolute atomic E-state index is 0.437. The molecule has 0 bridgehead atoms. The number of rotatable bonds is 6. The standard InChI is InChI=1S/C14H24ClN3/c1-12(2)18-9-7-13(16-18)11-17(10-8-15)14-5-3-4-6-14/h7,9,12,14H,3-6,8,10-11H2,1-2H3. The smallest absolute Gasteiger partial charge is 0.0765 e. The Morgan fingerprint density at radius 1 is 1.44 bits per heavy atom. The van der Waals surface area contributed by atoms with Crippen molar-refractivity contribution < 1.29 is 0 Å². The maximum Gasteiger partial charge on any atom is 0.0765 e. The molecule has 0 atom stereocenters. The lowest BCUT2D eigenvalue weighted by Crippen LogP contribution is -2.34. The molecule has 0 N–H and O–H groups in total. The summed E-state index contributed by atoms with van der Waals surface area (Å²) >= 11 is 5.93. The van der Waals surface area contributed by atoms with Gasteiger partial charge in [0.25, 0.3) is 0 Å². The van der Waals surface area contributed by atoms with Gasteiger partial charge in [0.15, 0.2) is 0 Å². The van der Waals surface area contributed by atoms with Gasteiger partial charge in [-0.2, -0.15) is 5.10 Å². The van der Waals surface area contributed by atoms with Gasteiger partial charge in [0, 0.05) is 37.3 Å². The highest BCUT2D eigenvalue weighted by atomic mass is 35.5. The third kappa shape index (κ3) is 3.48. The molecule has 102 valence electrons. The fourth-order valence-corrected chi connectivity index (χ4v) is 2.94. The van der Waals surface area contributed by atoms with Crippen LogP contribution in [0.4, 0.5) is 0 Å². The summed E-state index contributed by atoms with van der Waals surface area (Å²) in [6, 6.07) is 3.29. The van der Waals surface area contributed by atoms with E-state index in [9.17, 15) is 0 Å². The van der Waals surface area contributed by atoms with Gasteiger partial charge in [-0.1, -0.05) is 12.8 Å². The van der Waals surface area contributed by atoms with Gasteiger partial charge in [-0.25, -0.2) is 0 Å². The zero-order valence-electron chi connectivity index (χ0n) is 11.5. The maximum absolute atomic E-state index is 5.93. The number of hydrogen-bond acceptors (Lipinski definition) is 2. The molecule has 1 saturated carbocycles. The molecular weight excluding hydrogens is 246 g/mol. The van der Waals surface area contributed by atoms with Crippen molar-refractivity contribution in [1.29, 1.82) is 0 Å². The minimum atomic E-state index is 0.437. The van der Waals surface area contributed by atoms with Crippen molar-refractivity contribution in [2.45, 2.75) is 58.2 Å². The number of alkyl halides is 1. The molecule has 2 rings (SSSR count). The van der Waals surface area contributed by atoms with Gasteiger partial charge in [-0.3, -0.25) is 9.58 Å². The first-order chi connectivity index (χ1) is 8.70. The second-order valence-corrected chi connectivity index (χ2v) is 5.86. The van der Waals surface area contributed by atoms with E-state index in [4.69, 9.17) is 11.6 Å². The average molecular weight is 270 g/mol. The molecule has 0 aromatic carbocycles. The molecule has 3 nitrogen and oxygen atoms in total. The third-order valence-electron chi connectivity index (χ3n) is 3.77. The van der Waals surface area contributed by atoms with Gasteiger partial charge in [0.05, 0.1) is 5.69 Å². The lowest BCUT2D eigenvalue weighted by molar-refractivity contribution is 0.198. The fourth-order valence-electron chi connectivity index (χ4n) is 2.73. The SMILES string of the molecule is CC(C)n1ccc(CN(CCCl)C2CCCC2)n1. The number of nitrogens with zero attached hydrogens (tertiary/aromatic N) is 3. The average Bonchev–Trinajstić information content (AvgIpc) is 2.99. The molecular formula is C14H24ClN3. The van der Waals surface area contributed by atoms with Crippen LogP contribution in [0.5, 0.6) is 0 Å². The van der Waals surface area contributed by atoms with E-state index in [1.165, 1.54) is 31.4 Å². The Morgan fingerprint density at radius 3 is 2.72 bits per heavy atom. The topological polar surface area (TPSA) is 21.1 Å². The van der Waals surface area contributed by atoms with Gasteiger partial charge in [0.1, 0.15) is 0 Å². The summed E-state index contributed by atoms with van der Waals surface area (Å²) in [5.74, 6) is 0.710. The van der Waals surface area contributed by atoms with E-state index in [0.29, 0.717) is 18.0 Å². The number of aromatic nitrogens is 2. The predicted octanol–water partition coefficient (Wildman–Crippen LogP) is 3.45. The van der Waals surface area contributed by atoms with Gasteiger partial charge in [-0.05, 0) is 32.8 Å². The van der Waals surface area contributed by atoms with E-state index in [-0.39, 0.29) is 0 Å². The molecule has 1 fully saturated rings. The number of halogens is 1. The van der Waals surface area contributed by atoms with Crippen LogP contribution in [0.25, 0.3) is 0 Å². The van der Waals surface area contributed by atoms with Crippen LogP contribution in [-0.4, -0.2) is 33.1 Å². The quantitative estimate of drug-likeness (QED) is 0.738. The monoisotopic (exact) mass is 269 g/mol. The Hall–Kier alpha value is -0.540. The number of hydrogen-bond donors (Lipinski definition) is 0. The molecule has 0 unspecified atom stereocenters. The first-order valence-corrected chi connectivity index (χ1v) is 7.58. The van der Waals surface area contributed by atoms with Gasteiger partial charge in [0.2, 0.25) is 0 Å². The van der Waals surface area contributed by atoms with Gasteiger partial charge < -0.3 is 0 Å². The zero-order valence-corrected chi connectivity index (χ0v) is 12.2. The first-order valence-electron chi connectivity index (χ1n) is 7.04. The van der Waals surface area contributed by atoms with Crippen molar-refractivity contribution in [2.75, 3.05) is 12.4 Å². The molecule has 0 amide bonds. The molecule has 0 spiro atoms. The molecule has 0 saturated heterocycles. The van der Waals surface area contributed by atoms with Crippen molar-refractivity contribution in [2.24, 2.45) is 0 Å². The highest BCUT2D eigenvalue weighted by molar-refractivity contribution is 6.18. The molecule has 4 heteroatoms. The van der Waals surface area contributed by atoms with Crippen LogP contribution in [0.15, 0.2) is 12.3 Å². The Labute approximate surface area is 115 Å². The summed E-state index contributed by atoms with van der Waals surface area (Å²) < 4.78 is 2.03. The molecule has 18 heavy (non-hydrogen) atoms. The highest BCUT2D eigenvalue weighted by Gasteiger charge is 2.22. The second kappa shape index (κ2) is 6.58. The third-order valence-corrected chi connectivity index (χ3v) is 3.94. The van der Waals surface area contributed by atoms with E-state index < -0.39 is 0 Å². The maximum atomic E-state index is 5.93. The van der Waals surface area contributed by atoms with Crippen molar-refractivity contribution in [1.82, 2.24) is 14.7 Å². The first kappa shape index (κ1) is 13.9. The van der Waals surface area contributed by atoms with Crippen molar-refractivity contribution in [3.63, 3.8) is 0 Å². The van der Waals surface area contributed by atoms with Crippen LogP contribution in [0.2, 0.25) is 0 Å². The second-order valence-electron chi connectivity index (χ2n) is 5.48. The van der Waals surface area contributed by atoms with Crippen LogP contribution < -0.4 is 0 Å². The molecule has 1 aliphatic rings. The molecule has 1 aromatic rings. The molecule has 1 heterocycles. The Morgan fingerprint density at radius 2 is 2.17 bits per heavy atom. The normalized spacial score (nSPS) is 17.2. The van der Waals surface area contributed by atoms with E-state index >= 15 is 0 Å². The lowest BCUT2D eigenvalue weighted by Gasteiger charge is -2.27. The minimum Gasteiger partial charge on any atom is -0.293 e. The zero-order chi connectivity index (χ0) is 13.0. The summed E-state index contributed by atoms with van der Waals surface area (Å²) in [6.45, 7) is 6.23. The van der Waals surface area contributed by atoms with Crippen LogP contribution >= 0.6 is 11.6 Å². The molecule has 1 aromatic heterocycles. The summed E-state index contributed by atoms with van der Waals surface area (Å²) in [6.07, 6.45) is 7.45. The Kier molecular flexibility index (Phi) is 5.07.